The highest BCUT2D eigenvalue weighted by Crippen LogP contribution is 2.36. The third kappa shape index (κ3) is 3.29. The number of hydrogen-bond acceptors (Lipinski definition) is 5. The SMILES string of the molecule is CCOC(=O)c1ccc(S(=O)(=O)N2CCC[C@@H]2c2nc3ccccc3[nH]2)cc1. The van der Waals surface area contributed by atoms with Gasteiger partial charge in [0.15, 0.2) is 0 Å². The molecule has 146 valence electrons. The minimum atomic E-state index is -3.71. The first-order valence-corrected chi connectivity index (χ1v) is 10.7. The first kappa shape index (κ1) is 18.6. The van der Waals surface area contributed by atoms with Gasteiger partial charge in [0.25, 0.3) is 0 Å². The Bertz CT molecular complexity index is 1070. The number of carbonyl (C=O) groups is 1. The van der Waals surface area contributed by atoms with Crippen molar-refractivity contribution in [3.8, 4) is 0 Å². The monoisotopic (exact) mass is 399 g/mol. The molecule has 8 heteroatoms. The maximum absolute atomic E-state index is 13.2. The maximum Gasteiger partial charge on any atom is 0.338 e. The van der Waals surface area contributed by atoms with E-state index >= 15 is 0 Å². The quantitative estimate of drug-likeness (QED) is 0.665. The molecule has 0 aliphatic carbocycles. The van der Waals surface area contributed by atoms with Crippen molar-refractivity contribution in [2.24, 2.45) is 0 Å². The third-order valence-corrected chi connectivity index (χ3v) is 6.82. The highest BCUT2D eigenvalue weighted by molar-refractivity contribution is 7.89. The predicted molar refractivity (Wildman–Crippen MR) is 104 cm³/mol. The van der Waals surface area contributed by atoms with Gasteiger partial charge in [0.2, 0.25) is 10.0 Å². The Morgan fingerprint density at radius 2 is 1.96 bits per heavy atom. The van der Waals surface area contributed by atoms with Gasteiger partial charge in [0.05, 0.1) is 34.1 Å². The van der Waals surface area contributed by atoms with Crippen LogP contribution in [0.3, 0.4) is 0 Å². The van der Waals surface area contributed by atoms with Crippen molar-refractivity contribution in [2.45, 2.75) is 30.7 Å². The number of esters is 1. The van der Waals surface area contributed by atoms with E-state index < -0.39 is 16.0 Å². The van der Waals surface area contributed by atoms with Crippen LogP contribution in [0.25, 0.3) is 11.0 Å². The van der Waals surface area contributed by atoms with E-state index in [0.717, 1.165) is 17.5 Å². The zero-order valence-corrected chi connectivity index (χ0v) is 16.3. The van der Waals surface area contributed by atoms with Crippen molar-refractivity contribution in [2.75, 3.05) is 13.2 Å². The van der Waals surface area contributed by atoms with E-state index in [0.29, 0.717) is 24.4 Å². The summed E-state index contributed by atoms with van der Waals surface area (Å²) in [5, 5.41) is 0. The van der Waals surface area contributed by atoms with Crippen LogP contribution in [-0.4, -0.2) is 41.8 Å². The molecular weight excluding hydrogens is 378 g/mol. The molecule has 7 nitrogen and oxygen atoms in total. The van der Waals surface area contributed by atoms with Gasteiger partial charge in [-0.3, -0.25) is 0 Å². The van der Waals surface area contributed by atoms with E-state index in [4.69, 9.17) is 4.74 Å². The number of imidazole rings is 1. The molecule has 1 aromatic heterocycles. The van der Waals surface area contributed by atoms with Crippen molar-refractivity contribution < 1.29 is 17.9 Å². The number of benzene rings is 2. The molecule has 1 fully saturated rings. The Morgan fingerprint density at radius 3 is 2.68 bits per heavy atom. The van der Waals surface area contributed by atoms with Gasteiger partial charge in [-0.05, 0) is 56.2 Å². The Labute approximate surface area is 163 Å². The number of nitrogens with one attached hydrogen (secondary N) is 1. The van der Waals surface area contributed by atoms with Crippen molar-refractivity contribution >= 4 is 27.0 Å². The van der Waals surface area contributed by atoms with Crippen molar-refractivity contribution in [3.05, 3.63) is 59.9 Å². The summed E-state index contributed by atoms with van der Waals surface area (Å²) >= 11 is 0. The molecule has 1 aliphatic rings. The van der Waals surface area contributed by atoms with Crippen LogP contribution in [0.1, 0.15) is 42.0 Å². The van der Waals surface area contributed by atoms with Crippen LogP contribution in [0.2, 0.25) is 0 Å². The molecule has 1 aliphatic heterocycles. The Kier molecular flexibility index (Phi) is 4.91. The van der Waals surface area contributed by atoms with E-state index in [1.54, 1.807) is 6.92 Å². The third-order valence-electron chi connectivity index (χ3n) is 4.90. The number of sulfonamides is 1. The Hall–Kier alpha value is -2.71. The molecule has 1 N–H and O–H groups in total. The van der Waals surface area contributed by atoms with Crippen molar-refractivity contribution in [1.29, 1.82) is 0 Å². The summed E-state index contributed by atoms with van der Waals surface area (Å²) in [4.78, 5) is 19.8. The lowest BCUT2D eigenvalue weighted by atomic mass is 10.2. The van der Waals surface area contributed by atoms with E-state index in [1.165, 1.54) is 28.6 Å². The second kappa shape index (κ2) is 7.37. The fourth-order valence-electron chi connectivity index (χ4n) is 3.54. The smallest absolute Gasteiger partial charge is 0.338 e. The lowest BCUT2D eigenvalue weighted by Crippen LogP contribution is -2.31. The van der Waals surface area contributed by atoms with Gasteiger partial charge in [0.1, 0.15) is 5.82 Å². The number of rotatable bonds is 5. The molecule has 2 aromatic carbocycles. The van der Waals surface area contributed by atoms with E-state index in [-0.39, 0.29) is 17.5 Å². The summed E-state index contributed by atoms with van der Waals surface area (Å²) in [6.07, 6.45) is 1.47. The molecule has 2 heterocycles. The van der Waals surface area contributed by atoms with Gasteiger partial charge in [0, 0.05) is 6.54 Å². The molecule has 4 rings (SSSR count). The topological polar surface area (TPSA) is 92.4 Å². The van der Waals surface area contributed by atoms with Crippen LogP contribution < -0.4 is 0 Å². The first-order chi connectivity index (χ1) is 13.5. The average Bonchev–Trinajstić information content (AvgIpc) is 3.35. The number of aromatic amines is 1. The fraction of sp³-hybridized carbons (Fsp3) is 0.300. The number of para-hydroxylation sites is 2. The minimum Gasteiger partial charge on any atom is -0.462 e. The molecule has 28 heavy (non-hydrogen) atoms. The summed E-state index contributed by atoms with van der Waals surface area (Å²) in [6.45, 7) is 2.43. The first-order valence-electron chi connectivity index (χ1n) is 9.24. The summed E-state index contributed by atoms with van der Waals surface area (Å²) < 4.78 is 32.9. The summed E-state index contributed by atoms with van der Waals surface area (Å²) in [5.41, 5.74) is 2.04. The number of nitrogens with zero attached hydrogens (tertiary/aromatic N) is 2. The van der Waals surface area contributed by atoms with Crippen LogP contribution in [0, 0.1) is 0 Å². The molecule has 1 saturated heterocycles. The van der Waals surface area contributed by atoms with E-state index in [9.17, 15) is 13.2 Å². The molecule has 0 spiro atoms. The van der Waals surface area contributed by atoms with Crippen molar-refractivity contribution in [3.63, 3.8) is 0 Å². The molecule has 0 saturated carbocycles. The summed E-state index contributed by atoms with van der Waals surface area (Å²) in [7, 11) is -3.71. The van der Waals surface area contributed by atoms with Crippen LogP contribution in [-0.2, 0) is 14.8 Å². The molecule has 0 unspecified atom stereocenters. The predicted octanol–water partition coefficient (Wildman–Crippen LogP) is 3.27. The minimum absolute atomic E-state index is 0.156. The number of H-pyrrole nitrogens is 1. The van der Waals surface area contributed by atoms with E-state index in [2.05, 4.69) is 9.97 Å². The maximum atomic E-state index is 13.2. The van der Waals surface area contributed by atoms with Gasteiger partial charge < -0.3 is 9.72 Å². The van der Waals surface area contributed by atoms with Crippen LogP contribution in [0.5, 0.6) is 0 Å². The van der Waals surface area contributed by atoms with Gasteiger partial charge >= 0.3 is 5.97 Å². The second-order valence-electron chi connectivity index (χ2n) is 6.66. The van der Waals surface area contributed by atoms with Crippen LogP contribution in [0.15, 0.2) is 53.4 Å². The lowest BCUT2D eigenvalue weighted by Gasteiger charge is -2.22. The zero-order chi connectivity index (χ0) is 19.7. The second-order valence-corrected chi connectivity index (χ2v) is 8.55. The highest BCUT2D eigenvalue weighted by atomic mass is 32.2. The number of ether oxygens (including phenoxy) is 1. The molecule has 1 atom stereocenters. The molecule has 0 radical (unpaired) electrons. The van der Waals surface area contributed by atoms with Gasteiger partial charge in [-0.1, -0.05) is 12.1 Å². The number of hydrogen-bond donors (Lipinski definition) is 1. The number of fused-ring (bicyclic) bond motifs is 1. The summed E-state index contributed by atoms with van der Waals surface area (Å²) in [6, 6.07) is 13.2. The lowest BCUT2D eigenvalue weighted by molar-refractivity contribution is 0.0526. The van der Waals surface area contributed by atoms with Gasteiger partial charge in [-0.25, -0.2) is 18.2 Å². The zero-order valence-electron chi connectivity index (χ0n) is 15.5. The molecule has 0 bridgehead atoms. The molecular formula is C20H21N3O4S. The van der Waals surface area contributed by atoms with Gasteiger partial charge in [-0.2, -0.15) is 4.31 Å². The Balaban J connectivity index is 1.63. The number of aromatic nitrogens is 2. The van der Waals surface area contributed by atoms with Gasteiger partial charge in [-0.15, -0.1) is 0 Å². The normalized spacial score (nSPS) is 17.8. The molecule has 0 amide bonds. The fourth-order valence-corrected chi connectivity index (χ4v) is 5.20. The number of carbonyl (C=O) groups excluding carboxylic acids is 1. The Morgan fingerprint density at radius 1 is 1.21 bits per heavy atom. The standard InChI is InChI=1S/C20H21N3O4S/c1-2-27-20(24)14-9-11-15(12-10-14)28(25,26)23-13-5-8-18(23)19-21-16-6-3-4-7-17(16)22-19/h3-4,6-7,9-12,18H,2,5,8,13H2,1H3,(H,21,22)/t18-/m1/s1. The highest BCUT2D eigenvalue weighted by Gasteiger charge is 2.37. The molecule has 3 aromatic rings. The van der Waals surface area contributed by atoms with Crippen LogP contribution >= 0.6 is 0 Å². The van der Waals surface area contributed by atoms with Crippen LogP contribution in [0.4, 0.5) is 0 Å². The summed E-state index contributed by atoms with van der Waals surface area (Å²) in [5.74, 6) is 0.193. The average molecular weight is 399 g/mol. The van der Waals surface area contributed by atoms with E-state index in [1.807, 2.05) is 24.3 Å². The largest absolute Gasteiger partial charge is 0.462 e. The van der Waals surface area contributed by atoms with Crippen molar-refractivity contribution in [1.82, 2.24) is 14.3 Å².